The van der Waals surface area contributed by atoms with E-state index in [1.165, 1.54) is 0 Å². The number of amides is 1. The van der Waals surface area contributed by atoms with Gasteiger partial charge in [-0.25, -0.2) is 4.98 Å². The van der Waals surface area contributed by atoms with E-state index in [1.807, 2.05) is 37.3 Å². The molecule has 29 heavy (non-hydrogen) atoms. The summed E-state index contributed by atoms with van der Waals surface area (Å²) in [5.74, 6) is 1.09. The normalized spacial score (nSPS) is 11.9. The lowest BCUT2D eigenvalue weighted by atomic mass is 10.2. The third kappa shape index (κ3) is 6.15. The van der Waals surface area contributed by atoms with Crippen LogP contribution >= 0.6 is 0 Å². The zero-order chi connectivity index (χ0) is 20.6. The minimum Gasteiger partial charge on any atom is -0.491 e. The van der Waals surface area contributed by atoms with Gasteiger partial charge in [-0.2, -0.15) is 0 Å². The Balaban J connectivity index is 1.38. The molecule has 0 fully saturated rings. The number of carbonyl (C=O) groups excluding carboxylic acids is 1. The lowest BCUT2D eigenvalue weighted by Gasteiger charge is -2.13. The molecule has 2 aromatic carbocycles. The molecule has 0 aliphatic carbocycles. The first kappa shape index (κ1) is 20.5. The van der Waals surface area contributed by atoms with Crippen LogP contribution in [0.1, 0.15) is 24.2 Å². The zero-order valence-corrected chi connectivity index (χ0v) is 16.4. The minimum absolute atomic E-state index is 0.103. The predicted octanol–water partition coefficient (Wildman–Crippen LogP) is 2.11. The summed E-state index contributed by atoms with van der Waals surface area (Å²) in [4.78, 5) is 31.2. The molecule has 0 saturated carbocycles. The van der Waals surface area contributed by atoms with Gasteiger partial charge in [0.1, 0.15) is 24.3 Å². The summed E-state index contributed by atoms with van der Waals surface area (Å²) in [7, 11) is 0. The molecule has 3 rings (SSSR count). The summed E-state index contributed by atoms with van der Waals surface area (Å²) in [5, 5.41) is 13.2. The van der Waals surface area contributed by atoms with Crippen LogP contribution in [0.15, 0.2) is 53.3 Å². The predicted molar refractivity (Wildman–Crippen MR) is 111 cm³/mol. The van der Waals surface area contributed by atoms with Crippen molar-refractivity contribution in [2.75, 3.05) is 13.2 Å². The number of fused-ring (bicyclic) bond motifs is 1. The van der Waals surface area contributed by atoms with Gasteiger partial charge in [-0.15, -0.1) is 0 Å². The Bertz CT molecular complexity index is 1030. The second-order valence-electron chi connectivity index (χ2n) is 6.97. The standard InChI is InChI=1S/C22H25N3O4/c1-15-6-4-7-17(12-15)29-14-16(26)13-23-21(27)11-5-10-20-24-19-9-3-2-8-18(19)22(28)25-20/h2-4,6-9,12,16,26H,5,10-11,13-14H2,1H3,(H,23,27)(H,24,25,28). The Morgan fingerprint density at radius 3 is 2.90 bits per heavy atom. The first-order chi connectivity index (χ1) is 14.0. The van der Waals surface area contributed by atoms with Gasteiger partial charge in [-0.05, 0) is 43.2 Å². The second-order valence-corrected chi connectivity index (χ2v) is 6.97. The van der Waals surface area contributed by atoms with Crippen LogP contribution in [-0.2, 0) is 11.2 Å². The highest BCUT2D eigenvalue weighted by Crippen LogP contribution is 2.12. The molecule has 1 heterocycles. The van der Waals surface area contributed by atoms with Crippen molar-refractivity contribution >= 4 is 16.8 Å². The number of aromatic nitrogens is 2. The number of aliphatic hydroxyl groups excluding tert-OH is 1. The first-order valence-electron chi connectivity index (χ1n) is 9.63. The van der Waals surface area contributed by atoms with Crippen molar-refractivity contribution in [3.05, 3.63) is 70.3 Å². The van der Waals surface area contributed by atoms with Gasteiger partial charge in [-0.3, -0.25) is 9.59 Å². The third-order valence-corrected chi connectivity index (χ3v) is 4.45. The second kappa shape index (κ2) is 9.84. The number of aliphatic hydroxyl groups is 1. The number of nitrogens with one attached hydrogen (secondary N) is 2. The Morgan fingerprint density at radius 1 is 1.24 bits per heavy atom. The monoisotopic (exact) mass is 395 g/mol. The first-order valence-corrected chi connectivity index (χ1v) is 9.63. The van der Waals surface area contributed by atoms with Crippen molar-refractivity contribution < 1.29 is 14.6 Å². The van der Waals surface area contributed by atoms with E-state index in [4.69, 9.17) is 4.74 Å². The lowest BCUT2D eigenvalue weighted by molar-refractivity contribution is -0.121. The molecule has 3 aromatic rings. The number of H-pyrrole nitrogens is 1. The van der Waals surface area contributed by atoms with Gasteiger partial charge in [0.25, 0.3) is 5.56 Å². The van der Waals surface area contributed by atoms with Crippen molar-refractivity contribution in [3.8, 4) is 5.75 Å². The SMILES string of the molecule is Cc1cccc(OCC(O)CNC(=O)CCCc2nc3ccccc3c(=O)[nH]2)c1. The van der Waals surface area contributed by atoms with Gasteiger partial charge in [0.2, 0.25) is 5.91 Å². The van der Waals surface area contributed by atoms with Gasteiger partial charge >= 0.3 is 0 Å². The van der Waals surface area contributed by atoms with Gasteiger partial charge in [0.15, 0.2) is 0 Å². The molecule has 152 valence electrons. The smallest absolute Gasteiger partial charge is 0.258 e. The van der Waals surface area contributed by atoms with Crippen LogP contribution in [0.25, 0.3) is 10.9 Å². The highest BCUT2D eigenvalue weighted by atomic mass is 16.5. The summed E-state index contributed by atoms with van der Waals surface area (Å²) in [6.07, 6.45) is 0.523. The molecule has 0 radical (unpaired) electrons. The topological polar surface area (TPSA) is 104 Å². The molecule has 0 saturated heterocycles. The number of benzene rings is 2. The van der Waals surface area contributed by atoms with Crippen LogP contribution in [-0.4, -0.2) is 40.2 Å². The molecule has 3 N–H and O–H groups in total. The van der Waals surface area contributed by atoms with Gasteiger partial charge < -0.3 is 20.1 Å². The third-order valence-electron chi connectivity index (χ3n) is 4.45. The van der Waals surface area contributed by atoms with Crippen LogP contribution < -0.4 is 15.6 Å². The van der Waals surface area contributed by atoms with Crippen molar-refractivity contribution in [2.24, 2.45) is 0 Å². The number of hydrogen-bond acceptors (Lipinski definition) is 5. The summed E-state index contributed by atoms with van der Waals surface area (Å²) >= 11 is 0. The Morgan fingerprint density at radius 2 is 2.07 bits per heavy atom. The molecule has 1 unspecified atom stereocenters. The summed E-state index contributed by atoms with van der Waals surface area (Å²) in [6, 6.07) is 14.7. The van der Waals surface area contributed by atoms with Crippen LogP contribution in [0, 0.1) is 6.92 Å². The fourth-order valence-electron chi connectivity index (χ4n) is 2.95. The average molecular weight is 395 g/mol. The molecule has 1 aromatic heterocycles. The van der Waals surface area contributed by atoms with Crippen molar-refractivity contribution in [2.45, 2.75) is 32.3 Å². The van der Waals surface area contributed by atoms with E-state index in [-0.39, 0.29) is 31.0 Å². The molecule has 0 spiro atoms. The maximum absolute atomic E-state index is 12.0. The Labute approximate surface area is 168 Å². The maximum atomic E-state index is 12.0. The van der Waals surface area contributed by atoms with E-state index in [0.717, 1.165) is 5.56 Å². The molecule has 1 amide bonds. The van der Waals surface area contributed by atoms with E-state index < -0.39 is 6.10 Å². The van der Waals surface area contributed by atoms with Crippen LogP contribution in [0.3, 0.4) is 0 Å². The number of aryl methyl sites for hydroxylation is 2. The van der Waals surface area contributed by atoms with Gasteiger partial charge in [0.05, 0.1) is 10.9 Å². The fraction of sp³-hybridized carbons (Fsp3) is 0.318. The summed E-state index contributed by atoms with van der Waals surface area (Å²) in [5.41, 5.74) is 1.55. The van der Waals surface area contributed by atoms with Crippen molar-refractivity contribution in [3.63, 3.8) is 0 Å². The van der Waals surface area contributed by atoms with Crippen LogP contribution in [0.4, 0.5) is 0 Å². The molecule has 7 heteroatoms. The van der Waals surface area contributed by atoms with Crippen LogP contribution in [0.2, 0.25) is 0 Å². The minimum atomic E-state index is -0.794. The molecule has 1 atom stereocenters. The number of para-hydroxylation sites is 1. The average Bonchev–Trinajstić information content (AvgIpc) is 2.71. The Kier molecular flexibility index (Phi) is 6.97. The van der Waals surface area contributed by atoms with Crippen molar-refractivity contribution in [1.29, 1.82) is 0 Å². The number of ether oxygens (including phenoxy) is 1. The quantitative estimate of drug-likeness (QED) is 0.515. The number of aromatic amines is 1. The highest BCUT2D eigenvalue weighted by molar-refractivity contribution is 5.77. The van der Waals surface area contributed by atoms with E-state index in [1.54, 1.807) is 18.2 Å². The van der Waals surface area contributed by atoms with Gasteiger partial charge in [0, 0.05) is 19.4 Å². The van der Waals surface area contributed by atoms with Crippen molar-refractivity contribution in [1.82, 2.24) is 15.3 Å². The summed E-state index contributed by atoms with van der Waals surface area (Å²) in [6.45, 7) is 2.19. The maximum Gasteiger partial charge on any atom is 0.258 e. The number of carbonyl (C=O) groups is 1. The molecule has 7 nitrogen and oxygen atoms in total. The highest BCUT2D eigenvalue weighted by Gasteiger charge is 2.09. The van der Waals surface area contributed by atoms with E-state index in [0.29, 0.717) is 35.3 Å². The largest absolute Gasteiger partial charge is 0.491 e. The number of rotatable bonds is 9. The molecule has 0 bridgehead atoms. The molecular weight excluding hydrogens is 370 g/mol. The van der Waals surface area contributed by atoms with Crippen LogP contribution in [0.5, 0.6) is 5.75 Å². The van der Waals surface area contributed by atoms with Gasteiger partial charge in [-0.1, -0.05) is 24.3 Å². The zero-order valence-electron chi connectivity index (χ0n) is 16.4. The molecule has 0 aliphatic rings. The number of nitrogens with zero attached hydrogens (tertiary/aromatic N) is 1. The fourth-order valence-corrected chi connectivity index (χ4v) is 2.95. The summed E-state index contributed by atoms with van der Waals surface area (Å²) < 4.78 is 5.52. The molecule has 0 aliphatic heterocycles. The van der Waals surface area contributed by atoms with E-state index >= 15 is 0 Å². The molecular formula is C22H25N3O4. The van der Waals surface area contributed by atoms with E-state index in [2.05, 4.69) is 15.3 Å². The van der Waals surface area contributed by atoms with E-state index in [9.17, 15) is 14.7 Å². The lowest BCUT2D eigenvalue weighted by Crippen LogP contribution is -2.35. The number of hydrogen-bond donors (Lipinski definition) is 3. The Hall–Kier alpha value is -3.19.